The molecule has 0 amide bonds. The minimum absolute atomic E-state index is 0.163. The Hall–Kier alpha value is -2.06. The molecule has 2 aromatic rings. The normalized spacial score (nSPS) is 17.4. The maximum Gasteiger partial charge on any atom is 0.250 e. The van der Waals surface area contributed by atoms with Crippen molar-refractivity contribution in [1.29, 1.82) is 0 Å². The molecule has 0 atom stereocenters. The number of hydrogen-bond donors (Lipinski definition) is 0. The molecule has 0 aliphatic heterocycles. The summed E-state index contributed by atoms with van der Waals surface area (Å²) in [6.45, 7) is 22.1. The molecule has 0 heterocycles. The molecule has 1 spiro atoms. The summed E-state index contributed by atoms with van der Waals surface area (Å²) in [5, 5.41) is 0.163. The molecule has 0 saturated heterocycles. The Morgan fingerprint density at radius 3 is 2.12 bits per heavy atom. The molecule has 170 valence electrons. The van der Waals surface area contributed by atoms with Crippen LogP contribution in [-0.2, 0) is 16.3 Å². The van der Waals surface area contributed by atoms with E-state index in [9.17, 15) is 0 Å². The van der Waals surface area contributed by atoms with E-state index in [1.165, 1.54) is 59.9 Å². The molecule has 0 radical (unpaired) electrons. The summed E-state index contributed by atoms with van der Waals surface area (Å²) in [6, 6.07) is 13.6. The molecule has 2 aliphatic rings. The largest absolute Gasteiger partial charge is 0.543 e. The highest BCUT2D eigenvalue weighted by molar-refractivity contribution is 6.74. The van der Waals surface area contributed by atoms with Crippen LogP contribution in [0.3, 0.4) is 0 Å². The third-order valence-corrected chi connectivity index (χ3v) is 12.8. The molecular formula is C30H40OSi. The number of fused-ring (bicyclic) bond motifs is 2. The minimum atomic E-state index is -1.93. The Morgan fingerprint density at radius 2 is 1.56 bits per heavy atom. The van der Waals surface area contributed by atoms with E-state index in [1.54, 1.807) is 5.56 Å². The van der Waals surface area contributed by atoms with Crippen molar-refractivity contribution in [2.45, 2.75) is 89.8 Å². The molecule has 1 saturated carbocycles. The molecule has 0 aromatic heterocycles. The van der Waals surface area contributed by atoms with Crippen LogP contribution in [-0.4, -0.2) is 8.32 Å². The molecule has 4 rings (SSSR count). The maximum absolute atomic E-state index is 6.69. The lowest BCUT2D eigenvalue weighted by atomic mass is 9.76. The molecule has 0 bridgehead atoms. The molecule has 0 N–H and O–H groups in total. The minimum Gasteiger partial charge on any atom is -0.543 e. The molecule has 2 aliphatic carbocycles. The van der Waals surface area contributed by atoms with Gasteiger partial charge in [-0.05, 0) is 84.0 Å². The zero-order chi connectivity index (χ0) is 23.3. The van der Waals surface area contributed by atoms with Crippen LogP contribution in [0.2, 0.25) is 18.1 Å². The van der Waals surface area contributed by atoms with Gasteiger partial charge in [0.05, 0.1) is 0 Å². The molecular weight excluding hydrogens is 404 g/mol. The Balaban J connectivity index is 1.80. The van der Waals surface area contributed by atoms with Crippen LogP contribution in [0, 0.1) is 0 Å². The van der Waals surface area contributed by atoms with Crippen LogP contribution in [0.15, 0.2) is 49.6 Å². The Bertz CT molecular complexity index is 1040. The third-order valence-electron chi connectivity index (χ3n) is 8.43. The summed E-state index contributed by atoms with van der Waals surface area (Å²) in [7, 11) is -1.93. The van der Waals surface area contributed by atoms with Gasteiger partial charge >= 0.3 is 0 Å². The zero-order valence-electron chi connectivity index (χ0n) is 21.0. The number of allylic oxidation sites excluding steroid dienone is 1. The van der Waals surface area contributed by atoms with E-state index in [4.69, 9.17) is 4.43 Å². The highest BCUT2D eigenvalue weighted by atomic mass is 28.4. The lowest BCUT2D eigenvalue weighted by Gasteiger charge is -2.37. The van der Waals surface area contributed by atoms with Gasteiger partial charge in [0.2, 0.25) is 8.32 Å². The molecule has 1 nitrogen and oxygen atoms in total. The monoisotopic (exact) mass is 444 g/mol. The summed E-state index contributed by atoms with van der Waals surface area (Å²) in [5.41, 5.74) is 9.74. The number of rotatable bonds is 5. The van der Waals surface area contributed by atoms with Crippen molar-refractivity contribution in [2.75, 3.05) is 0 Å². The Kier molecular flexibility index (Phi) is 5.82. The molecule has 32 heavy (non-hydrogen) atoms. The first kappa shape index (κ1) is 23.1. The van der Waals surface area contributed by atoms with Crippen molar-refractivity contribution in [3.8, 4) is 11.1 Å². The fourth-order valence-electron chi connectivity index (χ4n) is 5.51. The van der Waals surface area contributed by atoms with E-state index in [0.29, 0.717) is 5.41 Å². The van der Waals surface area contributed by atoms with Crippen LogP contribution >= 0.6 is 0 Å². The fourth-order valence-corrected chi connectivity index (χ4v) is 6.54. The predicted molar refractivity (Wildman–Crippen MR) is 142 cm³/mol. The first-order chi connectivity index (χ1) is 15.0. The summed E-state index contributed by atoms with van der Waals surface area (Å²) in [5.74, 6) is 0.882. The van der Waals surface area contributed by atoms with Gasteiger partial charge in [-0.15, -0.1) is 0 Å². The Labute approximate surface area is 196 Å². The summed E-state index contributed by atoms with van der Waals surface area (Å²) in [4.78, 5) is 0. The second kappa shape index (κ2) is 8.06. The molecule has 0 unspecified atom stereocenters. The number of hydrogen-bond acceptors (Lipinski definition) is 1. The fraction of sp³-hybridized carbons (Fsp3) is 0.467. The standard InChI is InChI=1S/C30H40OSi/c1-21(2)23-11-13-24(14-12-23)26-16-15-25(22(3)31-32(7,8)29(4,5)6)27-17-20-30(28(26)27)18-9-10-19-30/h11-16H,1,3,9-10,17-20H2,2,4-8H3. The van der Waals surface area contributed by atoms with Crippen LogP contribution in [0.1, 0.15) is 82.1 Å². The van der Waals surface area contributed by atoms with E-state index >= 15 is 0 Å². The van der Waals surface area contributed by atoms with Crippen molar-refractivity contribution in [3.05, 3.63) is 71.8 Å². The summed E-state index contributed by atoms with van der Waals surface area (Å²) >= 11 is 0. The van der Waals surface area contributed by atoms with Gasteiger partial charge in [-0.2, -0.15) is 0 Å². The Morgan fingerprint density at radius 1 is 0.938 bits per heavy atom. The second-order valence-corrected chi connectivity index (χ2v) is 16.4. The van der Waals surface area contributed by atoms with E-state index in [1.807, 2.05) is 0 Å². The quantitative estimate of drug-likeness (QED) is 0.330. The predicted octanol–water partition coefficient (Wildman–Crippen LogP) is 9.14. The number of benzene rings is 2. The third kappa shape index (κ3) is 3.92. The van der Waals surface area contributed by atoms with Crippen LogP contribution in [0.25, 0.3) is 22.5 Å². The lowest BCUT2D eigenvalue weighted by molar-refractivity contribution is 0.440. The van der Waals surface area contributed by atoms with Gasteiger partial charge in [0.15, 0.2) is 0 Å². The molecule has 2 aromatic carbocycles. The van der Waals surface area contributed by atoms with Gasteiger partial charge in [-0.25, -0.2) is 0 Å². The SMILES string of the molecule is C=C(C)c1ccc(-c2ccc(C(=C)O[Si](C)(C)C(C)(C)C)c3c2C2(CCCC2)CC3)cc1. The second-order valence-electron chi connectivity index (χ2n) is 11.6. The summed E-state index contributed by atoms with van der Waals surface area (Å²) in [6.07, 6.45) is 7.73. The van der Waals surface area contributed by atoms with Gasteiger partial charge in [-0.3, -0.25) is 0 Å². The van der Waals surface area contributed by atoms with E-state index in [0.717, 1.165) is 17.8 Å². The highest BCUT2D eigenvalue weighted by Gasteiger charge is 2.44. The van der Waals surface area contributed by atoms with Gasteiger partial charge in [-0.1, -0.05) is 88.7 Å². The van der Waals surface area contributed by atoms with Crippen molar-refractivity contribution in [1.82, 2.24) is 0 Å². The van der Waals surface area contributed by atoms with Gasteiger partial charge in [0.1, 0.15) is 5.76 Å². The van der Waals surface area contributed by atoms with E-state index < -0.39 is 8.32 Å². The van der Waals surface area contributed by atoms with Crippen molar-refractivity contribution in [3.63, 3.8) is 0 Å². The highest BCUT2D eigenvalue weighted by Crippen LogP contribution is 2.55. The first-order valence-electron chi connectivity index (χ1n) is 12.3. The van der Waals surface area contributed by atoms with Crippen LogP contribution in [0.4, 0.5) is 0 Å². The first-order valence-corrected chi connectivity index (χ1v) is 15.2. The summed E-state index contributed by atoms with van der Waals surface area (Å²) < 4.78 is 6.69. The molecule has 1 fully saturated rings. The average Bonchev–Trinajstić information content (AvgIpc) is 3.35. The lowest BCUT2D eigenvalue weighted by Crippen LogP contribution is -2.40. The van der Waals surface area contributed by atoms with E-state index in [-0.39, 0.29) is 5.04 Å². The smallest absolute Gasteiger partial charge is 0.250 e. The average molecular weight is 445 g/mol. The van der Waals surface area contributed by atoms with E-state index in [2.05, 4.69) is 90.3 Å². The van der Waals surface area contributed by atoms with Crippen molar-refractivity contribution >= 4 is 19.6 Å². The topological polar surface area (TPSA) is 9.23 Å². The van der Waals surface area contributed by atoms with Gasteiger partial charge in [0.25, 0.3) is 0 Å². The maximum atomic E-state index is 6.69. The molecule has 2 heteroatoms. The van der Waals surface area contributed by atoms with Crippen LogP contribution in [0.5, 0.6) is 0 Å². The van der Waals surface area contributed by atoms with Gasteiger partial charge in [0, 0.05) is 5.56 Å². The van der Waals surface area contributed by atoms with Crippen LogP contribution < -0.4 is 0 Å². The zero-order valence-corrected chi connectivity index (χ0v) is 22.0. The van der Waals surface area contributed by atoms with Gasteiger partial charge < -0.3 is 4.43 Å². The van der Waals surface area contributed by atoms with Crippen molar-refractivity contribution < 1.29 is 4.43 Å². The van der Waals surface area contributed by atoms with Crippen molar-refractivity contribution in [2.24, 2.45) is 0 Å².